The molecule has 0 radical (unpaired) electrons. The van der Waals surface area contributed by atoms with Gasteiger partial charge in [0.05, 0.1) is 0 Å². The Bertz CT molecular complexity index is 479. The highest BCUT2D eigenvalue weighted by Gasteiger charge is 2.06. The molecule has 3 heteroatoms. The highest BCUT2D eigenvalue weighted by atomic mass is 15.1. The smallest absolute Gasteiger partial charge is 0.123 e. The monoisotopic (exact) mass is 255 g/mol. The second-order valence-electron chi connectivity index (χ2n) is 4.70. The van der Waals surface area contributed by atoms with E-state index in [0.29, 0.717) is 5.82 Å². The molecule has 3 nitrogen and oxygen atoms in total. The van der Waals surface area contributed by atoms with Crippen LogP contribution in [-0.2, 0) is 6.54 Å². The van der Waals surface area contributed by atoms with Gasteiger partial charge in [-0.3, -0.25) is 0 Å². The molecule has 1 aromatic carbocycles. The zero-order valence-electron chi connectivity index (χ0n) is 11.4. The van der Waals surface area contributed by atoms with Crippen LogP contribution in [0.1, 0.15) is 25.3 Å². The van der Waals surface area contributed by atoms with E-state index >= 15 is 0 Å². The van der Waals surface area contributed by atoms with E-state index in [-0.39, 0.29) is 0 Å². The van der Waals surface area contributed by atoms with Gasteiger partial charge in [0.2, 0.25) is 0 Å². The van der Waals surface area contributed by atoms with Crippen molar-refractivity contribution in [1.29, 1.82) is 0 Å². The van der Waals surface area contributed by atoms with Crippen LogP contribution in [0, 0.1) is 0 Å². The summed E-state index contributed by atoms with van der Waals surface area (Å²) in [5.41, 5.74) is 8.07. The summed E-state index contributed by atoms with van der Waals surface area (Å²) in [6.45, 7) is 4.15. The van der Waals surface area contributed by atoms with Gasteiger partial charge in [-0.05, 0) is 30.2 Å². The Morgan fingerprint density at radius 2 is 1.89 bits per heavy atom. The van der Waals surface area contributed by atoms with Crippen molar-refractivity contribution in [2.24, 2.45) is 0 Å². The summed E-state index contributed by atoms with van der Waals surface area (Å²) in [4.78, 5) is 6.54. The largest absolute Gasteiger partial charge is 0.384 e. The van der Waals surface area contributed by atoms with Crippen molar-refractivity contribution in [2.75, 3.05) is 17.2 Å². The predicted octanol–water partition coefficient (Wildman–Crippen LogP) is 3.47. The molecular formula is C16H21N3. The molecular weight excluding hydrogens is 234 g/mol. The van der Waals surface area contributed by atoms with Crippen LogP contribution >= 0.6 is 0 Å². The number of benzene rings is 1. The minimum atomic E-state index is 0.573. The van der Waals surface area contributed by atoms with E-state index in [1.54, 1.807) is 0 Å². The van der Waals surface area contributed by atoms with E-state index in [1.807, 2.05) is 24.4 Å². The van der Waals surface area contributed by atoms with Crippen LogP contribution in [0.15, 0.2) is 48.7 Å². The van der Waals surface area contributed by atoms with Crippen molar-refractivity contribution in [1.82, 2.24) is 4.98 Å². The molecule has 2 rings (SSSR count). The molecule has 0 aliphatic carbocycles. The Morgan fingerprint density at radius 3 is 2.53 bits per heavy atom. The van der Waals surface area contributed by atoms with Crippen molar-refractivity contribution in [3.05, 3.63) is 54.2 Å². The van der Waals surface area contributed by atoms with Crippen LogP contribution in [0.3, 0.4) is 0 Å². The molecule has 0 spiro atoms. The fourth-order valence-corrected chi connectivity index (χ4v) is 2.04. The number of para-hydroxylation sites is 1. The normalized spacial score (nSPS) is 10.4. The first-order chi connectivity index (χ1) is 9.29. The first kappa shape index (κ1) is 13.4. The van der Waals surface area contributed by atoms with E-state index in [2.05, 4.69) is 41.1 Å². The zero-order valence-corrected chi connectivity index (χ0v) is 11.4. The molecule has 0 amide bonds. The molecule has 19 heavy (non-hydrogen) atoms. The zero-order chi connectivity index (χ0) is 13.5. The van der Waals surface area contributed by atoms with Gasteiger partial charge in [-0.1, -0.05) is 37.6 Å². The highest BCUT2D eigenvalue weighted by Crippen LogP contribution is 2.17. The standard InChI is InChI=1S/C16H21N3/c1-2-3-11-19(15-7-5-4-6-8-15)13-14-9-10-16(17)18-12-14/h4-10,12H,2-3,11,13H2,1H3,(H2,17,18). The molecule has 0 aliphatic heterocycles. The molecule has 0 atom stereocenters. The lowest BCUT2D eigenvalue weighted by Gasteiger charge is -2.24. The van der Waals surface area contributed by atoms with Gasteiger partial charge in [0.25, 0.3) is 0 Å². The molecule has 0 bridgehead atoms. The molecule has 100 valence electrons. The summed E-state index contributed by atoms with van der Waals surface area (Å²) in [6.07, 6.45) is 4.25. The Labute approximate surface area is 115 Å². The average Bonchev–Trinajstić information content (AvgIpc) is 2.46. The van der Waals surface area contributed by atoms with Gasteiger partial charge < -0.3 is 10.6 Å². The summed E-state index contributed by atoms with van der Waals surface area (Å²) in [6, 6.07) is 14.4. The first-order valence-corrected chi connectivity index (χ1v) is 6.80. The minimum Gasteiger partial charge on any atom is -0.384 e. The first-order valence-electron chi connectivity index (χ1n) is 6.80. The van der Waals surface area contributed by atoms with Crippen LogP contribution in [-0.4, -0.2) is 11.5 Å². The van der Waals surface area contributed by atoms with Crippen LogP contribution in [0.2, 0.25) is 0 Å². The second-order valence-corrected chi connectivity index (χ2v) is 4.70. The number of pyridine rings is 1. The summed E-state index contributed by atoms with van der Waals surface area (Å²) < 4.78 is 0. The lowest BCUT2D eigenvalue weighted by Crippen LogP contribution is -2.23. The highest BCUT2D eigenvalue weighted by molar-refractivity contribution is 5.46. The summed E-state index contributed by atoms with van der Waals surface area (Å²) in [5, 5.41) is 0. The summed E-state index contributed by atoms with van der Waals surface area (Å²) in [5.74, 6) is 0.573. The quantitative estimate of drug-likeness (QED) is 0.859. The maximum absolute atomic E-state index is 5.62. The molecule has 0 saturated heterocycles. The van der Waals surface area contributed by atoms with Crippen LogP contribution in [0.5, 0.6) is 0 Å². The molecule has 2 aromatic rings. The van der Waals surface area contributed by atoms with E-state index in [9.17, 15) is 0 Å². The van der Waals surface area contributed by atoms with Gasteiger partial charge in [0, 0.05) is 25.0 Å². The number of nitrogen functional groups attached to an aromatic ring is 1. The number of rotatable bonds is 6. The summed E-state index contributed by atoms with van der Waals surface area (Å²) in [7, 11) is 0. The second kappa shape index (κ2) is 6.78. The van der Waals surface area contributed by atoms with E-state index < -0.39 is 0 Å². The van der Waals surface area contributed by atoms with E-state index in [0.717, 1.165) is 13.1 Å². The molecule has 1 aromatic heterocycles. The maximum Gasteiger partial charge on any atom is 0.123 e. The van der Waals surface area contributed by atoms with Gasteiger partial charge in [0.15, 0.2) is 0 Å². The fraction of sp³-hybridized carbons (Fsp3) is 0.312. The molecule has 0 fully saturated rings. The number of hydrogen-bond donors (Lipinski definition) is 1. The van der Waals surface area contributed by atoms with Crippen molar-refractivity contribution < 1.29 is 0 Å². The van der Waals surface area contributed by atoms with Gasteiger partial charge >= 0.3 is 0 Å². The van der Waals surface area contributed by atoms with Gasteiger partial charge in [-0.15, -0.1) is 0 Å². The van der Waals surface area contributed by atoms with Crippen molar-refractivity contribution in [2.45, 2.75) is 26.3 Å². The van der Waals surface area contributed by atoms with Crippen LogP contribution < -0.4 is 10.6 Å². The fourth-order valence-electron chi connectivity index (χ4n) is 2.04. The SMILES string of the molecule is CCCCN(Cc1ccc(N)nc1)c1ccccc1. The van der Waals surface area contributed by atoms with E-state index in [1.165, 1.54) is 24.1 Å². The Kier molecular flexibility index (Phi) is 4.78. The lowest BCUT2D eigenvalue weighted by atomic mass is 10.2. The number of anilines is 2. The predicted molar refractivity (Wildman–Crippen MR) is 81.0 cm³/mol. The Hall–Kier alpha value is -2.03. The number of aromatic nitrogens is 1. The van der Waals surface area contributed by atoms with Gasteiger partial charge in [-0.2, -0.15) is 0 Å². The lowest BCUT2D eigenvalue weighted by molar-refractivity contribution is 0.715. The molecule has 0 unspecified atom stereocenters. The Morgan fingerprint density at radius 1 is 1.11 bits per heavy atom. The van der Waals surface area contributed by atoms with E-state index in [4.69, 9.17) is 5.73 Å². The minimum absolute atomic E-state index is 0.573. The number of unbranched alkanes of at least 4 members (excludes halogenated alkanes) is 1. The van der Waals surface area contributed by atoms with Crippen LogP contribution in [0.25, 0.3) is 0 Å². The van der Waals surface area contributed by atoms with Crippen LogP contribution in [0.4, 0.5) is 11.5 Å². The van der Waals surface area contributed by atoms with Crippen molar-refractivity contribution in [3.63, 3.8) is 0 Å². The Balaban J connectivity index is 2.11. The third-order valence-corrected chi connectivity index (χ3v) is 3.12. The third-order valence-electron chi connectivity index (χ3n) is 3.12. The average molecular weight is 255 g/mol. The molecule has 0 aliphatic rings. The topological polar surface area (TPSA) is 42.1 Å². The van der Waals surface area contributed by atoms with Gasteiger partial charge in [-0.25, -0.2) is 4.98 Å². The molecule has 1 heterocycles. The third kappa shape index (κ3) is 3.98. The number of hydrogen-bond acceptors (Lipinski definition) is 3. The summed E-state index contributed by atoms with van der Waals surface area (Å²) >= 11 is 0. The van der Waals surface area contributed by atoms with Crippen molar-refractivity contribution in [3.8, 4) is 0 Å². The van der Waals surface area contributed by atoms with Crippen molar-refractivity contribution >= 4 is 11.5 Å². The number of nitrogens with zero attached hydrogens (tertiary/aromatic N) is 2. The van der Waals surface area contributed by atoms with Gasteiger partial charge in [0.1, 0.15) is 5.82 Å². The molecule has 2 N–H and O–H groups in total. The maximum atomic E-state index is 5.62. The molecule has 0 saturated carbocycles. The number of nitrogens with two attached hydrogens (primary N) is 1.